The van der Waals surface area contributed by atoms with Gasteiger partial charge in [0.15, 0.2) is 0 Å². The molecule has 2 aromatic rings. The molecular weight excluding hydrogens is 326 g/mol. The second-order valence-electron chi connectivity index (χ2n) is 4.83. The van der Waals surface area contributed by atoms with E-state index in [1.807, 2.05) is 0 Å². The fourth-order valence-electron chi connectivity index (χ4n) is 1.91. The number of rotatable bonds is 5. The van der Waals surface area contributed by atoms with Crippen LogP contribution in [0, 0.1) is 11.6 Å². The first-order chi connectivity index (χ1) is 10.9. The van der Waals surface area contributed by atoms with Crippen molar-refractivity contribution in [2.45, 2.75) is 13.0 Å². The molecule has 2 rings (SSSR count). The fourth-order valence-corrected chi connectivity index (χ4v) is 2.16. The number of methoxy groups -OCH3 is 1. The summed E-state index contributed by atoms with van der Waals surface area (Å²) >= 11 is 6.00. The maximum absolute atomic E-state index is 13.5. The van der Waals surface area contributed by atoms with E-state index in [9.17, 15) is 13.6 Å². The molecule has 0 spiro atoms. The molecule has 0 aliphatic rings. The van der Waals surface area contributed by atoms with Crippen LogP contribution in [0.5, 0.6) is 5.75 Å². The molecule has 0 bridgehead atoms. The minimum absolute atomic E-state index is 0.212. The number of carbonyl (C=O) groups excluding carboxylic acids is 1. The van der Waals surface area contributed by atoms with Gasteiger partial charge in [-0.2, -0.15) is 0 Å². The SMILES string of the molecule is COc1ccc(NC(C)C(=O)Nc2cc(F)ccc2F)cc1Cl. The summed E-state index contributed by atoms with van der Waals surface area (Å²) in [4.78, 5) is 12.1. The molecule has 0 radical (unpaired) electrons. The Labute approximate surface area is 137 Å². The molecule has 7 heteroatoms. The fraction of sp³-hybridized carbons (Fsp3) is 0.188. The maximum Gasteiger partial charge on any atom is 0.246 e. The minimum atomic E-state index is -0.709. The Kier molecular flexibility index (Phi) is 5.39. The molecule has 1 atom stereocenters. The molecule has 0 aliphatic carbocycles. The first-order valence-corrected chi connectivity index (χ1v) is 7.14. The number of hydrogen-bond acceptors (Lipinski definition) is 3. The number of benzene rings is 2. The zero-order chi connectivity index (χ0) is 17.0. The summed E-state index contributed by atoms with van der Waals surface area (Å²) in [5, 5.41) is 5.64. The number of halogens is 3. The number of anilines is 2. The lowest BCUT2D eigenvalue weighted by atomic mass is 10.2. The third kappa shape index (κ3) is 4.32. The molecule has 1 amide bonds. The van der Waals surface area contributed by atoms with E-state index in [2.05, 4.69) is 10.6 Å². The van der Waals surface area contributed by atoms with Crippen LogP contribution >= 0.6 is 11.6 Å². The third-order valence-corrected chi connectivity index (χ3v) is 3.41. The van der Waals surface area contributed by atoms with Crippen LogP contribution < -0.4 is 15.4 Å². The van der Waals surface area contributed by atoms with Gasteiger partial charge in [-0.15, -0.1) is 0 Å². The summed E-state index contributed by atoms with van der Waals surface area (Å²) in [5.74, 6) is -1.35. The van der Waals surface area contributed by atoms with E-state index in [1.165, 1.54) is 7.11 Å². The summed E-state index contributed by atoms with van der Waals surface area (Å²) in [6, 6.07) is 7.11. The van der Waals surface area contributed by atoms with E-state index in [4.69, 9.17) is 16.3 Å². The summed E-state index contributed by atoms with van der Waals surface area (Å²) in [6.45, 7) is 1.59. The van der Waals surface area contributed by atoms with Gasteiger partial charge in [-0.1, -0.05) is 11.6 Å². The average molecular weight is 341 g/mol. The maximum atomic E-state index is 13.5. The molecule has 0 saturated heterocycles. The topological polar surface area (TPSA) is 50.4 Å². The van der Waals surface area contributed by atoms with E-state index in [0.717, 1.165) is 18.2 Å². The Balaban J connectivity index is 2.05. The normalized spacial score (nSPS) is 11.7. The lowest BCUT2D eigenvalue weighted by Crippen LogP contribution is -2.32. The molecule has 2 aromatic carbocycles. The first-order valence-electron chi connectivity index (χ1n) is 6.76. The van der Waals surface area contributed by atoms with Gasteiger partial charge in [0.05, 0.1) is 17.8 Å². The van der Waals surface area contributed by atoms with E-state index in [0.29, 0.717) is 16.5 Å². The van der Waals surface area contributed by atoms with Crippen LogP contribution in [0.1, 0.15) is 6.92 Å². The Morgan fingerprint density at radius 2 is 1.96 bits per heavy atom. The van der Waals surface area contributed by atoms with E-state index < -0.39 is 23.6 Å². The van der Waals surface area contributed by atoms with Crippen molar-refractivity contribution < 1.29 is 18.3 Å². The number of hydrogen-bond donors (Lipinski definition) is 2. The van der Waals surface area contributed by atoms with Crippen LogP contribution in [0.2, 0.25) is 5.02 Å². The van der Waals surface area contributed by atoms with Crippen molar-refractivity contribution in [3.8, 4) is 5.75 Å². The van der Waals surface area contributed by atoms with Crippen molar-refractivity contribution in [1.29, 1.82) is 0 Å². The summed E-state index contributed by atoms with van der Waals surface area (Å²) in [7, 11) is 1.50. The van der Waals surface area contributed by atoms with Crippen molar-refractivity contribution in [2.24, 2.45) is 0 Å². The van der Waals surface area contributed by atoms with E-state index in [1.54, 1.807) is 25.1 Å². The van der Waals surface area contributed by atoms with Gasteiger partial charge in [0, 0.05) is 11.8 Å². The highest BCUT2D eigenvalue weighted by Gasteiger charge is 2.15. The van der Waals surface area contributed by atoms with E-state index in [-0.39, 0.29) is 5.69 Å². The highest BCUT2D eigenvalue weighted by Crippen LogP contribution is 2.27. The third-order valence-electron chi connectivity index (χ3n) is 3.11. The average Bonchev–Trinajstić information content (AvgIpc) is 2.51. The second-order valence-corrected chi connectivity index (χ2v) is 5.24. The second kappa shape index (κ2) is 7.28. The molecule has 0 aromatic heterocycles. The van der Waals surface area contributed by atoms with Gasteiger partial charge in [0.2, 0.25) is 5.91 Å². The van der Waals surface area contributed by atoms with Crippen LogP contribution in [0.15, 0.2) is 36.4 Å². The predicted molar refractivity (Wildman–Crippen MR) is 86.1 cm³/mol. The minimum Gasteiger partial charge on any atom is -0.495 e. The number of ether oxygens (including phenoxy) is 1. The van der Waals surface area contributed by atoms with Crippen molar-refractivity contribution in [3.05, 3.63) is 53.1 Å². The van der Waals surface area contributed by atoms with Gasteiger partial charge in [0.25, 0.3) is 0 Å². The molecule has 0 fully saturated rings. The predicted octanol–water partition coefficient (Wildman–Crippen LogP) is 4.07. The first kappa shape index (κ1) is 17.0. The van der Waals surface area contributed by atoms with Gasteiger partial charge in [-0.3, -0.25) is 4.79 Å². The van der Waals surface area contributed by atoms with Gasteiger partial charge in [-0.05, 0) is 37.3 Å². The molecule has 23 heavy (non-hydrogen) atoms. The Bertz CT molecular complexity index is 725. The molecule has 2 N–H and O–H groups in total. The summed E-state index contributed by atoms with van der Waals surface area (Å²) < 4.78 is 31.7. The summed E-state index contributed by atoms with van der Waals surface area (Å²) in [6.07, 6.45) is 0. The van der Waals surface area contributed by atoms with Crippen molar-refractivity contribution >= 4 is 28.9 Å². The van der Waals surface area contributed by atoms with Gasteiger partial charge in [0.1, 0.15) is 23.4 Å². The zero-order valence-electron chi connectivity index (χ0n) is 12.5. The van der Waals surface area contributed by atoms with Gasteiger partial charge < -0.3 is 15.4 Å². The van der Waals surface area contributed by atoms with Crippen molar-refractivity contribution in [2.75, 3.05) is 17.7 Å². The van der Waals surface area contributed by atoms with Crippen molar-refractivity contribution in [1.82, 2.24) is 0 Å². The Hall–Kier alpha value is -2.34. The molecule has 0 saturated carbocycles. The van der Waals surface area contributed by atoms with Crippen LogP contribution in [0.4, 0.5) is 20.2 Å². The van der Waals surface area contributed by atoms with Crippen molar-refractivity contribution in [3.63, 3.8) is 0 Å². The smallest absolute Gasteiger partial charge is 0.246 e. The zero-order valence-corrected chi connectivity index (χ0v) is 13.2. The largest absolute Gasteiger partial charge is 0.495 e. The van der Waals surface area contributed by atoms with Crippen LogP contribution in [-0.2, 0) is 4.79 Å². The highest BCUT2D eigenvalue weighted by molar-refractivity contribution is 6.32. The highest BCUT2D eigenvalue weighted by atomic mass is 35.5. The van der Waals surface area contributed by atoms with Gasteiger partial charge in [-0.25, -0.2) is 8.78 Å². The number of carbonyl (C=O) groups is 1. The van der Waals surface area contributed by atoms with Gasteiger partial charge >= 0.3 is 0 Å². The number of nitrogens with one attached hydrogen (secondary N) is 2. The standard InChI is InChI=1S/C16H15ClF2N2O2/c1-9(20-11-4-6-15(23-2)12(17)8-11)16(22)21-14-7-10(18)3-5-13(14)19/h3-9,20H,1-2H3,(H,21,22). The lowest BCUT2D eigenvalue weighted by molar-refractivity contribution is -0.116. The van der Waals surface area contributed by atoms with Crippen LogP contribution in [0.3, 0.4) is 0 Å². The lowest BCUT2D eigenvalue weighted by Gasteiger charge is -2.16. The van der Waals surface area contributed by atoms with Crippen LogP contribution in [0.25, 0.3) is 0 Å². The quantitative estimate of drug-likeness (QED) is 0.862. The monoisotopic (exact) mass is 340 g/mol. The van der Waals surface area contributed by atoms with Crippen LogP contribution in [-0.4, -0.2) is 19.1 Å². The Morgan fingerprint density at radius 1 is 1.22 bits per heavy atom. The summed E-state index contributed by atoms with van der Waals surface area (Å²) in [5.41, 5.74) is 0.384. The number of amides is 1. The molecule has 1 unspecified atom stereocenters. The molecular formula is C16H15ClF2N2O2. The van der Waals surface area contributed by atoms with E-state index >= 15 is 0 Å². The molecule has 122 valence electrons. The molecule has 0 aliphatic heterocycles. The molecule has 4 nitrogen and oxygen atoms in total. The Morgan fingerprint density at radius 3 is 2.61 bits per heavy atom. The molecule has 0 heterocycles.